The molecule has 0 fully saturated rings. The van der Waals surface area contributed by atoms with Gasteiger partial charge in [-0.2, -0.15) is 0 Å². The van der Waals surface area contributed by atoms with E-state index in [-0.39, 0.29) is 4.63 Å². The fraction of sp³-hybridized carbons (Fsp3) is 0.714. The van der Waals surface area contributed by atoms with Crippen molar-refractivity contribution in [3.05, 3.63) is 0 Å². The van der Waals surface area contributed by atoms with E-state index in [0.717, 1.165) is 0 Å². The molecule has 0 aromatic rings. The third-order valence-corrected chi connectivity index (χ3v) is 2.61. The molecule has 94 valence electrons. The molecule has 0 spiro atoms. The fourth-order valence-electron chi connectivity index (χ4n) is 0.568. The third kappa shape index (κ3) is 5.47. The van der Waals surface area contributed by atoms with Gasteiger partial charge in [-0.25, -0.2) is 18.0 Å². The number of carbonyl (C=O) groups excluding carboxylic acids is 1. The molecule has 0 saturated heterocycles. The Labute approximate surface area is 99.2 Å². The van der Waals surface area contributed by atoms with Crippen LogP contribution in [0.3, 0.4) is 0 Å². The highest BCUT2D eigenvalue weighted by Crippen LogP contribution is 2.05. The van der Waals surface area contributed by atoms with Crippen molar-refractivity contribution in [1.82, 2.24) is 4.63 Å². The van der Waals surface area contributed by atoms with Gasteiger partial charge in [0.25, 0.3) is 0 Å². The smallest absolute Gasteiger partial charge is 0.354 e. The molecule has 0 heterocycles. The molecule has 0 aliphatic carbocycles. The molecule has 0 amide bonds. The van der Waals surface area contributed by atoms with Gasteiger partial charge in [0.1, 0.15) is 15.9 Å². The first-order valence-corrected chi connectivity index (χ1v) is 6.18. The quantitative estimate of drug-likeness (QED) is 0.477. The lowest BCUT2D eigenvalue weighted by Crippen LogP contribution is -2.37. The zero-order valence-electron chi connectivity index (χ0n) is 9.08. The van der Waals surface area contributed by atoms with Crippen LogP contribution in [0.15, 0.2) is 0 Å². The lowest BCUT2D eigenvalue weighted by atomic mass is 10.5. The van der Waals surface area contributed by atoms with Gasteiger partial charge in [0.05, 0.1) is 6.10 Å². The van der Waals surface area contributed by atoms with Crippen LogP contribution in [0.25, 0.3) is 0 Å². The van der Waals surface area contributed by atoms with Crippen molar-refractivity contribution in [2.24, 2.45) is 0 Å². The van der Waals surface area contributed by atoms with Crippen molar-refractivity contribution in [2.45, 2.75) is 20.0 Å². The van der Waals surface area contributed by atoms with Crippen molar-refractivity contribution in [1.29, 1.82) is 0 Å². The van der Waals surface area contributed by atoms with Crippen molar-refractivity contribution in [3.8, 4) is 0 Å². The van der Waals surface area contributed by atoms with Gasteiger partial charge < -0.3 is 9.57 Å². The van der Waals surface area contributed by atoms with Crippen molar-refractivity contribution in [3.63, 3.8) is 0 Å². The van der Waals surface area contributed by atoms with E-state index in [1.807, 2.05) is 0 Å². The van der Waals surface area contributed by atoms with Crippen LogP contribution in [0, 0.1) is 0 Å². The molecule has 0 radical (unpaired) electrons. The molecule has 0 aromatic carbocycles. The number of hydrogen-bond donors (Lipinski definition) is 0. The summed E-state index contributed by atoms with van der Waals surface area (Å²) in [7, 11) is -2.80. The summed E-state index contributed by atoms with van der Waals surface area (Å²) in [5.74, 6) is -0.913. The first kappa shape index (κ1) is 15.4. The van der Waals surface area contributed by atoms with Gasteiger partial charge in [0.15, 0.2) is 0 Å². The molecule has 0 N–H and O–H groups in total. The predicted molar refractivity (Wildman–Crippen MR) is 58.6 cm³/mol. The molecule has 0 atom stereocenters. The van der Waals surface area contributed by atoms with Crippen molar-refractivity contribution < 1.29 is 27.6 Å². The molecule has 7 nitrogen and oxygen atoms in total. The van der Waals surface area contributed by atoms with Crippen LogP contribution < -0.4 is 0 Å². The molecular formula is C7H13NO6S2. The van der Waals surface area contributed by atoms with Gasteiger partial charge in [0.2, 0.25) is 0 Å². The number of thiocarbonyl (C=S) groups is 1. The van der Waals surface area contributed by atoms with E-state index in [2.05, 4.69) is 21.8 Å². The van der Waals surface area contributed by atoms with Crippen molar-refractivity contribution in [2.75, 3.05) is 13.7 Å². The Balaban J connectivity index is 4.69. The lowest BCUT2D eigenvalue weighted by Gasteiger charge is -2.19. The van der Waals surface area contributed by atoms with Gasteiger partial charge in [-0.3, -0.25) is 0 Å². The predicted octanol–water partition coefficient (Wildman–Crippen LogP) is 0.0200. The first-order valence-electron chi connectivity index (χ1n) is 4.20. The number of sulfonamides is 1. The highest BCUT2D eigenvalue weighted by atomic mass is 32.2. The molecule has 0 bridgehead atoms. The molecule has 0 aliphatic rings. The van der Waals surface area contributed by atoms with Gasteiger partial charge in [0, 0.05) is 7.11 Å². The molecule has 0 unspecified atom stereocenters. The maximum absolute atomic E-state index is 11.3. The largest absolute Gasteiger partial charge is 0.373 e. The van der Waals surface area contributed by atoms with Gasteiger partial charge >= 0.3 is 16.0 Å². The third-order valence-electron chi connectivity index (χ3n) is 1.06. The Morgan fingerprint density at radius 3 is 2.44 bits per heavy atom. The topological polar surface area (TPSA) is 82.1 Å². The summed E-state index contributed by atoms with van der Waals surface area (Å²) in [4.78, 5) is 20.2. The molecule has 0 aromatic heterocycles. The van der Waals surface area contributed by atoms with E-state index in [4.69, 9.17) is 4.84 Å². The van der Waals surface area contributed by atoms with Crippen LogP contribution in [0.1, 0.15) is 13.8 Å². The average molecular weight is 271 g/mol. The van der Waals surface area contributed by atoms with E-state index in [9.17, 15) is 13.2 Å². The minimum absolute atomic E-state index is 0.0754. The number of hydrogen-bond acceptors (Lipinski definition) is 7. The number of ether oxygens (including phenoxy) is 1. The van der Waals surface area contributed by atoms with E-state index in [1.54, 1.807) is 13.8 Å². The molecule has 0 saturated carbocycles. The van der Waals surface area contributed by atoms with Gasteiger partial charge in [-0.1, -0.05) is 12.2 Å². The number of rotatable bonds is 7. The maximum Gasteiger partial charge on any atom is 0.354 e. The summed E-state index contributed by atoms with van der Waals surface area (Å²) < 4.78 is 27.6. The summed E-state index contributed by atoms with van der Waals surface area (Å²) in [6.07, 6.45) is -0.500. The molecule has 9 heteroatoms. The summed E-state index contributed by atoms with van der Waals surface area (Å²) in [6, 6.07) is 0. The van der Waals surface area contributed by atoms with E-state index in [0.29, 0.717) is 4.70 Å². The Morgan fingerprint density at radius 2 is 2.06 bits per heavy atom. The van der Waals surface area contributed by atoms with E-state index < -0.39 is 28.7 Å². The Hall–Kier alpha value is -0.610. The highest BCUT2D eigenvalue weighted by molar-refractivity contribution is 8.13. The van der Waals surface area contributed by atoms with E-state index >= 15 is 0 Å². The summed E-state index contributed by atoms with van der Waals surface area (Å²) in [6.45, 7) is 2.73. The van der Waals surface area contributed by atoms with Crippen LogP contribution in [0.5, 0.6) is 0 Å². The second-order valence-electron chi connectivity index (χ2n) is 2.89. The second kappa shape index (κ2) is 6.86. The van der Waals surface area contributed by atoms with Gasteiger partial charge in [-0.15, -0.1) is 0 Å². The van der Waals surface area contributed by atoms with Crippen LogP contribution >= 0.6 is 12.2 Å². The molecule has 0 rings (SSSR count). The minimum atomic E-state index is -4.07. The summed E-state index contributed by atoms with van der Waals surface area (Å²) in [5, 5.41) is 0. The van der Waals surface area contributed by atoms with Crippen LogP contribution in [-0.2, 0) is 29.2 Å². The first-order chi connectivity index (χ1) is 7.33. The number of nitrogens with zero attached hydrogens (tertiary/aromatic N) is 1. The second-order valence-corrected chi connectivity index (χ2v) is 4.98. The normalized spacial score (nSPS) is 11.8. The van der Waals surface area contributed by atoms with Crippen LogP contribution in [-0.4, -0.2) is 43.5 Å². The lowest BCUT2D eigenvalue weighted by molar-refractivity contribution is -0.298. The van der Waals surface area contributed by atoms with Gasteiger partial charge in [-0.05, 0) is 13.8 Å². The number of carbonyl (C=O) groups is 1. The SMILES string of the molecule is COCC(=O)ON(OC(C)C)S(=O)(=O)C=S. The Kier molecular flexibility index (Phi) is 6.60. The zero-order valence-corrected chi connectivity index (χ0v) is 10.7. The van der Waals surface area contributed by atoms with Crippen molar-refractivity contribution >= 4 is 32.9 Å². The fourth-order valence-corrected chi connectivity index (χ4v) is 1.33. The van der Waals surface area contributed by atoms with E-state index in [1.165, 1.54) is 7.11 Å². The van der Waals surface area contributed by atoms with Crippen LogP contribution in [0.4, 0.5) is 0 Å². The monoisotopic (exact) mass is 271 g/mol. The minimum Gasteiger partial charge on any atom is -0.373 e. The summed E-state index contributed by atoms with van der Waals surface area (Å²) in [5.41, 5.74) is 0. The molecule has 0 aliphatic heterocycles. The average Bonchev–Trinajstić information content (AvgIpc) is 2.16. The Morgan fingerprint density at radius 1 is 1.50 bits per heavy atom. The molecule has 16 heavy (non-hydrogen) atoms. The van der Waals surface area contributed by atoms with Crippen LogP contribution in [0.2, 0.25) is 0 Å². The standard InChI is InChI=1S/C7H13NO6S2/c1-6(2)13-8(16(10,11)5-15)14-7(9)4-12-3/h5-6H,4H2,1-3H3. The Bertz CT molecular complexity index is 339. The zero-order chi connectivity index (χ0) is 12.8. The maximum atomic E-state index is 11.3. The molecular weight excluding hydrogens is 258 g/mol. The summed E-state index contributed by atoms with van der Waals surface area (Å²) >= 11 is 4.28. The number of methoxy groups -OCH3 is 1. The highest BCUT2D eigenvalue weighted by Gasteiger charge is 2.26.